The van der Waals surface area contributed by atoms with E-state index >= 15 is 0 Å². The highest BCUT2D eigenvalue weighted by molar-refractivity contribution is 7.11. The van der Waals surface area contributed by atoms with Crippen molar-refractivity contribution in [2.75, 3.05) is 0 Å². The van der Waals surface area contributed by atoms with E-state index in [-0.39, 0.29) is 0 Å². The first kappa shape index (κ1) is 11.7. The molecule has 1 aromatic heterocycles. The van der Waals surface area contributed by atoms with Crippen molar-refractivity contribution < 1.29 is 8.78 Å². The van der Waals surface area contributed by atoms with Gasteiger partial charge in [-0.3, -0.25) is 0 Å². The van der Waals surface area contributed by atoms with E-state index in [4.69, 9.17) is 5.73 Å². The highest BCUT2D eigenvalue weighted by Gasteiger charge is 2.21. The number of rotatable bonds is 2. The number of nitrogens with two attached hydrogens (primary N) is 1. The average Bonchev–Trinajstić information content (AvgIpc) is 2.92. The first-order valence-corrected chi connectivity index (χ1v) is 6.66. The van der Waals surface area contributed by atoms with Crippen LogP contribution in [0.5, 0.6) is 0 Å². The summed E-state index contributed by atoms with van der Waals surface area (Å²) in [6.45, 7) is 0. The number of hydrogen-bond donors (Lipinski definition) is 1. The normalized spacial score (nSPS) is 15.7. The molecule has 0 aliphatic heterocycles. The largest absolute Gasteiger partial charge is 0.318 e. The third-order valence-corrected chi connectivity index (χ3v) is 4.42. The Morgan fingerprint density at radius 2 is 2.06 bits per heavy atom. The number of hydrogen-bond acceptors (Lipinski definition) is 3. The van der Waals surface area contributed by atoms with Crippen LogP contribution in [0.3, 0.4) is 0 Å². The average molecular weight is 266 g/mol. The highest BCUT2D eigenvalue weighted by Crippen LogP contribution is 2.32. The van der Waals surface area contributed by atoms with Crippen LogP contribution in [0.25, 0.3) is 0 Å². The van der Waals surface area contributed by atoms with Crippen LogP contribution in [-0.2, 0) is 12.8 Å². The van der Waals surface area contributed by atoms with E-state index in [1.165, 1.54) is 10.9 Å². The van der Waals surface area contributed by atoms with Crippen molar-refractivity contribution in [2.24, 2.45) is 5.73 Å². The minimum atomic E-state index is -0.868. The molecule has 1 aliphatic rings. The maximum Gasteiger partial charge on any atom is 0.159 e. The van der Waals surface area contributed by atoms with Crippen molar-refractivity contribution in [2.45, 2.75) is 25.3 Å². The number of aryl methyl sites for hydroxylation is 2. The van der Waals surface area contributed by atoms with Gasteiger partial charge in [0.1, 0.15) is 5.01 Å². The molecule has 0 radical (unpaired) electrons. The molecule has 0 fully saturated rings. The lowest BCUT2D eigenvalue weighted by Gasteiger charge is -2.09. The van der Waals surface area contributed by atoms with E-state index in [1.54, 1.807) is 11.3 Å². The van der Waals surface area contributed by atoms with Gasteiger partial charge in [0.25, 0.3) is 0 Å². The molecule has 3 rings (SSSR count). The van der Waals surface area contributed by atoms with Crippen molar-refractivity contribution in [3.8, 4) is 0 Å². The third-order valence-electron chi connectivity index (χ3n) is 3.18. The van der Waals surface area contributed by atoms with Crippen molar-refractivity contribution in [3.63, 3.8) is 0 Å². The molecule has 1 aliphatic carbocycles. The predicted octanol–water partition coefficient (Wildman–Crippen LogP) is 2.96. The van der Waals surface area contributed by atoms with Gasteiger partial charge in [-0.05, 0) is 37.0 Å². The van der Waals surface area contributed by atoms with Crippen molar-refractivity contribution >= 4 is 11.3 Å². The minimum absolute atomic E-state index is 0.476. The van der Waals surface area contributed by atoms with Gasteiger partial charge < -0.3 is 5.73 Å². The zero-order valence-corrected chi connectivity index (χ0v) is 10.4. The Morgan fingerprint density at radius 1 is 1.22 bits per heavy atom. The zero-order valence-electron chi connectivity index (χ0n) is 9.62. The van der Waals surface area contributed by atoms with E-state index in [1.807, 2.05) is 0 Å². The van der Waals surface area contributed by atoms with Crippen LogP contribution in [0.1, 0.15) is 33.6 Å². The monoisotopic (exact) mass is 266 g/mol. The molecule has 94 valence electrons. The molecule has 1 unspecified atom stereocenters. The highest BCUT2D eigenvalue weighted by atomic mass is 32.1. The minimum Gasteiger partial charge on any atom is -0.318 e. The number of thiazole rings is 1. The molecule has 2 nitrogen and oxygen atoms in total. The summed E-state index contributed by atoms with van der Waals surface area (Å²) in [5.41, 5.74) is 7.73. The molecule has 1 heterocycles. The van der Waals surface area contributed by atoms with Gasteiger partial charge in [0.05, 0.1) is 11.7 Å². The smallest absolute Gasteiger partial charge is 0.159 e. The molecule has 1 aromatic carbocycles. The van der Waals surface area contributed by atoms with Crippen LogP contribution >= 0.6 is 11.3 Å². The summed E-state index contributed by atoms with van der Waals surface area (Å²) in [6, 6.07) is 3.28. The van der Waals surface area contributed by atoms with E-state index in [2.05, 4.69) is 4.98 Å². The standard InChI is InChI=1S/C13H12F2N2S/c14-8-5-4-7(6-9(8)15)12(16)13-17-10-2-1-3-11(10)18-13/h4-6,12H,1-3,16H2. The molecular formula is C13H12F2N2S. The topological polar surface area (TPSA) is 38.9 Å². The summed E-state index contributed by atoms with van der Waals surface area (Å²) >= 11 is 1.58. The maximum absolute atomic E-state index is 13.2. The molecule has 2 N–H and O–H groups in total. The molecule has 18 heavy (non-hydrogen) atoms. The Labute approximate surface area is 107 Å². The van der Waals surface area contributed by atoms with E-state index < -0.39 is 17.7 Å². The molecule has 0 saturated carbocycles. The van der Waals surface area contributed by atoms with E-state index in [9.17, 15) is 8.78 Å². The Morgan fingerprint density at radius 3 is 2.78 bits per heavy atom. The molecule has 0 spiro atoms. The number of nitrogens with zero attached hydrogens (tertiary/aromatic N) is 1. The fourth-order valence-electron chi connectivity index (χ4n) is 2.19. The van der Waals surface area contributed by atoms with Gasteiger partial charge >= 0.3 is 0 Å². The molecule has 0 saturated heterocycles. The van der Waals surface area contributed by atoms with Crippen LogP contribution in [0.4, 0.5) is 8.78 Å². The Balaban J connectivity index is 1.93. The van der Waals surface area contributed by atoms with Gasteiger partial charge in [-0.1, -0.05) is 6.07 Å². The Bertz CT molecular complexity index is 573. The van der Waals surface area contributed by atoms with Crippen molar-refractivity contribution in [3.05, 3.63) is 51.0 Å². The lowest BCUT2D eigenvalue weighted by atomic mass is 10.1. The van der Waals surface area contributed by atoms with Gasteiger partial charge in [0, 0.05) is 4.88 Å². The van der Waals surface area contributed by atoms with E-state index in [0.717, 1.165) is 42.1 Å². The Kier molecular flexibility index (Phi) is 2.87. The van der Waals surface area contributed by atoms with Crippen molar-refractivity contribution in [1.29, 1.82) is 0 Å². The summed E-state index contributed by atoms with van der Waals surface area (Å²) in [7, 11) is 0. The second kappa shape index (κ2) is 4.40. The van der Waals surface area contributed by atoms with Gasteiger partial charge in [0.15, 0.2) is 11.6 Å². The van der Waals surface area contributed by atoms with Crippen molar-refractivity contribution in [1.82, 2.24) is 4.98 Å². The molecule has 0 amide bonds. The Hall–Kier alpha value is -1.33. The molecule has 1 atom stereocenters. The van der Waals surface area contributed by atoms with Crippen LogP contribution < -0.4 is 5.73 Å². The SMILES string of the molecule is NC(c1ccc(F)c(F)c1)c1nc2c(s1)CCC2. The third kappa shape index (κ3) is 1.93. The van der Waals surface area contributed by atoms with Crippen LogP contribution in [0.2, 0.25) is 0 Å². The van der Waals surface area contributed by atoms with Crippen LogP contribution in [-0.4, -0.2) is 4.98 Å². The number of benzene rings is 1. The van der Waals surface area contributed by atoms with Gasteiger partial charge in [-0.15, -0.1) is 11.3 Å². The first-order chi connectivity index (χ1) is 8.65. The zero-order chi connectivity index (χ0) is 12.7. The van der Waals surface area contributed by atoms with Gasteiger partial charge in [0.2, 0.25) is 0 Å². The number of fused-ring (bicyclic) bond motifs is 1. The van der Waals surface area contributed by atoms with E-state index in [0.29, 0.717) is 5.56 Å². The fourth-order valence-corrected chi connectivity index (χ4v) is 3.38. The summed E-state index contributed by atoms with van der Waals surface area (Å²) in [6.07, 6.45) is 3.20. The van der Waals surface area contributed by atoms with Gasteiger partial charge in [-0.25, -0.2) is 13.8 Å². The summed E-state index contributed by atoms with van der Waals surface area (Å²) in [5.74, 6) is -1.72. The predicted molar refractivity (Wildman–Crippen MR) is 66.5 cm³/mol. The fraction of sp³-hybridized carbons (Fsp3) is 0.308. The molecule has 2 aromatic rings. The molecule has 0 bridgehead atoms. The second-order valence-corrected chi connectivity index (χ2v) is 5.54. The number of halogens is 2. The van der Waals surface area contributed by atoms with Crippen LogP contribution in [0, 0.1) is 11.6 Å². The maximum atomic E-state index is 13.2. The first-order valence-electron chi connectivity index (χ1n) is 5.84. The molecule has 5 heteroatoms. The lowest BCUT2D eigenvalue weighted by Crippen LogP contribution is -2.12. The number of aromatic nitrogens is 1. The summed E-state index contributed by atoms with van der Waals surface area (Å²) in [4.78, 5) is 5.78. The molecular weight excluding hydrogens is 254 g/mol. The van der Waals surface area contributed by atoms with Gasteiger partial charge in [-0.2, -0.15) is 0 Å². The van der Waals surface area contributed by atoms with Crippen LogP contribution in [0.15, 0.2) is 18.2 Å². The quantitative estimate of drug-likeness (QED) is 0.907. The second-order valence-electron chi connectivity index (χ2n) is 4.43. The summed E-state index contributed by atoms with van der Waals surface area (Å²) in [5, 5.41) is 0.783. The lowest BCUT2D eigenvalue weighted by molar-refractivity contribution is 0.506. The summed E-state index contributed by atoms with van der Waals surface area (Å²) < 4.78 is 26.0.